The van der Waals surface area contributed by atoms with Crippen LogP contribution in [-0.2, 0) is 9.59 Å². The molecule has 0 N–H and O–H groups in total. The molecule has 154 valence electrons. The van der Waals surface area contributed by atoms with E-state index in [1.54, 1.807) is 38.0 Å². The van der Waals surface area contributed by atoms with E-state index in [4.69, 9.17) is 9.47 Å². The van der Waals surface area contributed by atoms with Gasteiger partial charge < -0.3 is 19.3 Å². The van der Waals surface area contributed by atoms with Gasteiger partial charge >= 0.3 is 0 Å². The highest BCUT2D eigenvalue weighted by Crippen LogP contribution is 2.41. The SMILES string of the molecule is COc1ccccc1OC(C)(C)C(=O)N1CCCC12CCCN(C(C)C)C2=O. The Labute approximate surface area is 167 Å². The molecule has 0 saturated carbocycles. The lowest BCUT2D eigenvalue weighted by Crippen LogP contribution is -2.65. The number of rotatable bonds is 5. The van der Waals surface area contributed by atoms with E-state index >= 15 is 0 Å². The summed E-state index contributed by atoms with van der Waals surface area (Å²) in [6.07, 6.45) is 3.21. The number of amides is 2. The molecule has 2 saturated heterocycles. The van der Waals surface area contributed by atoms with Crippen molar-refractivity contribution in [2.24, 2.45) is 0 Å². The zero-order valence-corrected chi connectivity index (χ0v) is 17.7. The normalized spacial score (nSPS) is 22.9. The van der Waals surface area contributed by atoms with Gasteiger partial charge in [0.1, 0.15) is 5.54 Å². The number of ether oxygens (including phenoxy) is 2. The van der Waals surface area contributed by atoms with E-state index in [2.05, 4.69) is 0 Å². The van der Waals surface area contributed by atoms with Gasteiger partial charge in [-0.2, -0.15) is 0 Å². The summed E-state index contributed by atoms with van der Waals surface area (Å²) in [5.74, 6) is 1.05. The lowest BCUT2D eigenvalue weighted by molar-refractivity contribution is -0.163. The van der Waals surface area contributed by atoms with Gasteiger partial charge in [-0.05, 0) is 65.5 Å². The lowest BCUT2D eigenvalue weighted by Gasteiger charge is -2.47. The molecule has 1 unspecified atom stereocenters. The van der Waals surface area contributed by atoms with Crippen LogP contribution >= 0.6 is 0 Å². The fourth-order valence-electron chi connectivity index (χ4n) is 4.51. The van der Waals surface area contributed by atoms with Crippen molar-refractivity contribution in [2.75, 3.05) is 20.2 Å². The Morgan fingerprint density at radius 1 is 1.11 bits per heavy atom. The Morgan fingerprint density at radius 3 is 2.32 bits per heavy atom. The molecule has 6 nitrogen and oxygen atoms in total. The average molecular weight is 389 g/mol. The fourth-order valence-corrected chi connectivity index (χ4v) is 4.51. The van der Waals surface area contributed by atoms with Crippen molar-refractivity contribution in [2.45, 2.75) is 70.6 Å². The first kappa shape index (κ1) is 20.5. The molecule has 28 heavy (non-hydrogen) atoms. The number of hydrogen-bond donors (Lipinski definition) is 0. The number of benzene rings is 1. The van der Waals surface area contributed by atoms with Crippen molar-refractivity contribution in [1.29, 1.82) is 0 Å². The van der Waals surface area contributed by atoms with Crippen LogP contribution in [0, 0.1) is 0 Å². The Balaban J connectivity index is 1.86. The quantitative estimate of drug-likeness (QED) is 0.777. The third-order valence-electron chi connectivity index (χ3n) is 5.95. The highest BCUT2D eigenvalue weighted by Gasteiger charge is 2.55. The van der Waals surface area contributed by atoms with Gasteiger partial charge in [0.05, 0.1) is 7.11 Å². The van der Waals surface area contributed by atoms with E-state index < -0.39 is 11.1 Å². The molecular weight excluding hydrogens is 356 g/mol. The first-order valence-electron chi connectivity index (χ1n) is 10.2. The van der Waals surface area contributed by atoms with Crippen molar-refractivity contribution < 1.29 is 19.1 Å². The van der Waals surface area contributed by atoms with E-state index in [1.165, 1.54) is 0 Å². The predicted molar refractivity (Wildman–Crippen MR) is 107 cm³/mol. The molecule has 2 aliphatic rings. The summed E-state index contributed by atoms with van der Waals surface area (Å²) in [7, 11) is 1.58. The van der Waals surface area contributed by atoms with Gasteiger partial charge in [0.25, 0.3) is 5.91 Å². The van der Waals surface area contributed by atoms with Crippen molar-refractivity contribution in [3.05, 3.63) is 24.3 Å². The largest absolute Gasteiger partial charge is 0.493 e. The van der Waals surface area contributed by atoms with Gasteiger partial charge in [-0.15, -0.1) is 0 Å². The molecule has 1 spiro atoms. The summed E-state index contributed by atoms with van der Waals surface area (Å²) in [5.41, 5.74) is -1.83. The van der Waals surface area contributed by atoms with Gasteiger partial charge in [-0.1, -0.05) is 12.1 Å². The Morgan fingerprint density at radius 2 is 1.71 bits per heavy atom. The highest BCUT2D eigenvalue weighted by atomic mass is 16.5. The number of methoxy groups -OCH3 is 1. The first-order chi connectivity index (χ1) is 13.2. The van der Waals surface area contributed by atoms with Crippen molar-refractivity contribution >= 4 is 11.8 Å². The minimum Gasteiger partial charge on any atom is -0.493 e. The molecule has 6 heteroatoms. The van der Waals surface area contributed by atoms with E-state index in [-0.39, 0.29) is 17.9 Å². The molecule has 2 amide bonds. The fraction of sp³-hybridized carbons (Fsp3) is 0.636. The number of carbonyl (C=O) groups is 2. The van der Waals surface area contributed by atoms with Crippen LogP contribution in [0.15, 0.2) is 24.3 Å². The third kappa shape index (κ3) is 3.45. The summed E-state index contributed by atoms with van der Waals surface area (Å²) in [5, 5.41) is 0. The lowest BCUT2D eigenvalue weighted by atomic mass is 9.84. The maximum atomic E-state index is 13.6. The Hall–Kier alpha value is -2.24. The van der Waals surface area contributed by atoms with Crippen molar-refractivity contribution in [1.82, 2.24) is 9.80 Å². The van der Waals surface area contributed by atoms with Crippen LogP contribution in [-0.4, -0.2) is 59.0 Å². The summed E-state index contributed by atoms with van der Waals surface area (Å²) in [6, 6.07) is 7.44. The molecule has 0 bridgehead atoms. The smallest absolute Gasteiger partial charge is 0.267 e. The molecule has 1 aromatic rings. The minimum atomic E-state index is -1.10. The molecule has 0 radical (unpaired) electrons. The minimum absolute atomic E-state index is 0.0905. The highest BCUT2D eigenvalue weighted by molar-refractivity contribution is 5.95. The topological polar surface area (TPSA) is 59.1 Å². The molecule has 2 fully saturated rings. The third-order valence-corrected chi connectivity index (χ3v) is 5.95. The maximum absolute atomic E-state index is 13.6. The van der Waals surface area contributed by atoms with Crippen LogP contribution in [0.2, 0.25) is 0 Å². The van der Waals surface area contributed by atoms with E-state index in [0.29, 0.717) is 18.0 Å². The zero-order valence-electron chi connectivity index (χ0n) is 17.7. The second kappa shape index (κ2) is 7.64. The van der Waals surface area contributed by atoms with Crippen LogP contribution in [0.5, 0.6) is 11.5 Å². The van der Waals surface area contributed by atoms with E-state index in [1.807, 2.05) is 30.9 Å². The Kier molecular flexibility index (Phi) is 5.60. The molecule has 0 aliphatic carbocycles. The summed E-state index contributed by atoms with van der Waals surface area (Å²) in [4.78, 5) is 30.6. The first-order valence-corrected chi connectivity index (χ1v) is 10.2. The molecule has 1 atom stereocenters. The number of nitrogens with zero attached hydrogens (tertiary/aromatic N) is 2. The van der Waals surface area contributed by atoms with Crippen LogP contribution in [0.25, 0.3) is 0 Å². The average Bonchev–Trinajstić information content (AvgIpc) is 3.07. The second-order valence-electron chi connectivity index (χ2n) is 8.55. The standard InChI is InChI=1S/C22H32N2O4/c1-16(2)23-14-8-12-22(20(23)26)13-9-15-24(22)19(25)21(3,4)28-18-11-7-6-10-17(18)27-5/h6-7,10-11,16H,8-9,12-15H2,1-5H3. The number of piperidine rings is 1. The molecule has 1 aromatic carbocycles. The van der Waals surface area contributed by atoms with Crippen LogP contribution < -0.4 is 9.47 Å². The Bertz CT molecular complexity index is 746. The van der Waals surface area contributed by atoms with Gasteiger partial charge in [0, 0.05) is 19.1 Å². The van der Waals surface area contributed by atoms with E-state index in [9.17, 15) is 9.59 Å². The second-order valence-corrected chi connectivity index (χ2v) is 8.55. The van der Waals surface area contributed by atoms with Crippen LogP contribution in [0.3, 0.4) is 0 Å². The summed E-state index contributed by atoms with van der Waals surface area (Å²) < 4.78 is 11.5. The number of likely N-dealkylation sites (tertiary alicyclic amines) is 2. The van der Waals surface area contributed by atoms with Crippen molar-refractivity contribution in [3.63, 3.8) is 0 Å². The predicted octanol–water partition coefficient (Wildman–Crippen LogP) is 3.24. The van der Waals surface area contributed by atoms with E-state index in [0.717, 1.165) is 32.2 Å². The molecular formula is C22H32N2O4. The molecule has 3 rings (SSSR count). The monoisotopic (exact) mass is 388 g/mol. The van der Waals surface area contributed by atoms with Crippen molar-refractivity contribution in [3.8, 4) is 11.5 Å². The van der Waals surface area contributed by atoms with Gasteiger partial charge in [-0.3, -0.25) is 9.59 Å². The van der Waals surface area contributed by atoms with Gasteiger partial charge in [-0.25, -0.2) is 0 Å². The van der Waals surface area contributed by atoms with Gasteiger partial charge in [0.2, 0.25) is 5.91 Å². The number of hydrogen-bond acceptors (Lipinski definition) is 4. The summed E-state index contributed by atoms with van der Waals surface area (Å²) in [6.45, 7) is 8.96. The molecule has 2 heterocycles. The zero-order chi connectivity index (χ0) is 20.5. The van der Waals surface area contributed by atoms with Crippen LogP contribution in [0.1, 0.15) is 53.4 Å². The van der Waals surface area contributed by atoms with Gasteiger partial charge in [0.15, 0.2) is 17.1 Å². The van der Waals surface area contributed by atoms with Crippen LogP contribution in [0.4, 0.5) is 0 Å². The summed E-state index contributed by atoms with van der Waals surface area (Å²) >= 11 is 0. The molecule has 0 aromatic heterocycles. The maximum Gasteiger partial charge on any atom is 0.267 e. The number of para-hydroxylation sites is 2. The molecule has 2 aliphatic heterocycles. The number of carbonyl (C=O) groups excluding carboxylic acids is 2.